The highest BCUT2D eigenvalue weighted by Crippen LogP contribution is 2.26. The predicted octanol–water partition coefficient (Wildman–Crippen LogP) is 1.71. The van der Waals surface area contributed by atoms with Crippen molar-refractivity contribution in [2.24, 2.45) is 0 Å². The van der Waals surface area contributed by atoms with Gasteiger partial charge in [0.1, 0.15) is 11.3 Å². The van der Waals surface area contributed by atoms with E-state index in [9.17, 15) is 9.59 Å². The molecule has 1 saturated heterocycles. The van der Waals surface area contributed by atoms with E-state index in [1.54, 1.807) is 47.3 Å². The minimum Gasteiger partial charge on any atom is -0.496 e. The zero-order valence-corrected chi connectivity index (χ0v) is 16.6. The maximum atomic E-state index is 12.4. The number of anilines is 1. The Morgan fingerprint density at radius 1 is 1.14 bits per heavy atom. The van der Waals surface area contributed by atoms with Gasteiger partial charge < -0.3 is 19.3 Å². The SMILES string of the molecule is COc1cc(SC)ccc1C(=O)OCC(=O)N1CCN(c2ncccn2)CC1. The molecule has 1 aromatic carbocycles. The Morgan fingerprint density at radius 2 is 1.86 bits per heavy atom. The number of thioether (sulfide) groups is 1. The lowest BCUT2D eigenvalue weighted by Crippen LogP contribution is -2.50. The molecule has 0 N–H and O–H groups in total. The zero-order chi connectivity index (χ0) is 19.9. The molecule has 1 amide bonds. The van der Waals surface area contributed by atoms with Crippen LogP contribution >= 0.6 is 11.8 Å². The molecule has 148 valence electrons. The van der Waals surface area contributed by atoms with Crippen LogP contribution < -0.4 is 9.64 Å². The maximum Gasteiger partial charge on any atom is 0.342 e. The Bertz CT molecular complexity index is 826. The highest BCUT2D eigenvalue weighted by Gasteiger charge is 2.24. The molecule has 2 aromatic rings. The second kappa shape index (κ2) is 9.41. The van der Waals surface area contributed by atoms with Gasteiger partial charge in [-0.15, -0.1) is 11.8 Å². The Morgan fingerprint density at radius 3 is 2.50 bits per heavy atom. The van der Waals surface area contributed by atoms with Gasteiger partial charge in [-0.3, -0.25) is 4.79 Å². The van der Waals surface area contributed by atoms with Crippen LogP contribution in [-0.2, 0) is 9.53 Å². The summed E-state index contributed by atoms with van der Waals surface area (Å²) in [7, 11) is 1.50. The van der Waals surface area contributed by atoms with Crippen molar-refractivity contribution in [3.8, 4) is 5.75 Å². The third-order valence-corrected chi connectivity index (χ3v) is 5.15. The lowest BCUT2D eigenvalue weighted by Gasteiger charge is -2.34. The minimum atomic E-state index is -0.575. The first kappa shape index (κ1) is 19.9. The van der Waals surface area contributed by atoms with Gasteiger partial charge in [-0.05, 0) is 30.5 Å². The zero-order valence-electron chi connectivity index (χ0n) is 15.8. The van der Waals surface area contributed by atoms with Crippen molar-refractivity contribution >= 4 is 29.6 Å². The van der Waals surface area contributed by atoms with E-state index in [-0.39, 0.29) is 12.5 Å². The van der Waals surface area contributed by atoms with E-state index in [2.05, 4.69) is 9.97 Å². The first-order valence-electron chi connectivity index (χ1n) is 8.81. The van der Waals surface area contributed by atoms with Crippen molar-refractivity contribution in [1.82, 2.24) is 14.9 Å². The lowest BCUT2D eigenvalue weighted by atomic mass is 10.2. The summed E-state index contributed by atoms with van der Waals surface area (Å²) < 4.78 is 10.5. The monoisotopic (exact) mass is 402 g/mol. The molecule has 1 fully saturated rings. The molecular formula is C19H22N4O4S. The molecular weight excluding hydrogens is 380 g/mol. The number of nitrogens with zero attached hydrogens (tertiary/aromatic N) is 4. The smallest absolute Gasteiger partial charge is 0.342 e. The summed E-state index contributed by atoms with van der Waals surface area (Å²) in [6.07, 6.45) is 5.33. The molecule has 9 heteroatoms. The molecule has 0 radical (unpaired) electrons. The summed E-state index contributed by atoms with van der Waals surface area (Å²) in [4.78, 5) is 37.9. The van der Waals surface area contributed by atoms with Crippen molar-refractivity contribution in [2.75, 3.05) is 51.1 Å². The Labute approximate surface area is 167 Å². The fourth-order valence-corrected chi connectivity index (χ4v) is 3.30. The van der Waals surface area contributed by atoms with E-state index >= 15 is 0 Å². The summed E-state index contributed by atoms with van der Waals surface area (Å²) in [5.41, 5.74) is 0.305. The van der Waals surface area contributed by atoms with Crippen LogP contribution in [0.25, 0.3) is 0 Å². The van der Waals surface area contributed by atoms with Gasteiger partial charge in [0.2, 0.25) is 5.95 Å². The standard InChI is InChI=1S/C19H22N4O4S/c1-26-16-12-14(28-2)4-5-15(16)18(25)27-13-17(24)22-8-10-23(11-9-22)19-20-6-3-7-21-19/h3-7,12H,8-11,13H2,1-2H3. The molecule has 0 spiro atoms. The van der Waals surface area contributed by atoms with Crippen LogP contribution in [0.1, 0.15) is 10.4 Å². The first-order chi connectivity index (χ1) is 13.6. The molecule has 1 aliphatic rings. The number of benzene rings is 1. The largest absolute Gasteiger partial charge is 0.496 e. The fourth-order valence-electron chi connectivity index (χ4n) is 2.87. The average Bonchev–Trinajstić information content (AvgIpc) is 2.77. The first-order valence-corrected chi connectivity index (χ1v) is 10.0. The summed E-state index contributed by atoms with van der Waals surface area (Å²) in [5.74, 6) is 0.290. The highest BCUT2D eigenvalue weighted by atomic mass is 32.2. The molecule has 0 bridgehead atoms. The number of carbonyl (C=O) groups is 2. The number of amides is 1. The number of rotatable bonds is 6. The average molecular weight is 402 g/mol. The molecule has 2 heterocycles. The van der Waals surface area contributed by atoms with Crippen LogP contribution in [0.2, 0.25) is 0 Å². The quantitative estimate of drug-likeness (QED) is 0.533. The molecule has 1 aliphatic heterocycles. The van der Waals surface area contributed by atoms with Crippen molar-refractivity contribution in [2.45, 2.75) is 4.90 Å². The van der Waals surface area contributed by atoms with E-state index in [4.69, 9.17) is 9.47 Å². The number of methoxy groups -OCH3 is 1. The molecule has 0 atom stereocenters. The second-order valence-electron chi connectivity index (χ2n) is 6.06. The van der Waals surface area contributed by atoms with E-state index in [0.717, 1.165) is 4.90 Å². The Balaban J connectivity index is 1.51. The summed E-state index contributed by atoms with van der Waals surface area (Å²) >= 11 is 1.55. The van der Waals surface area contributed by atoms with E-state index in [0.29, 0.717) is 43.4 Å². The number of carbonyl (C=O) groups excluding carboxylic acids is 2. The summed E-state index contributed by atoms with van der Waals surface area (Å²) in [6, 6.07) is 7.00. The number of ether oxygens (including phenoxy) is 2. The van der Waals surface area contributed by atoms with Gasteiger partial charge in [-0.2, -0.15) is 0 Å². The van der Waals surface area contributed by atoms with Gasteiger partial charge in [0.25, 0.3) is 5.91 Å². The topological polar surface area (TPSA) is 84.9 Å². The number of aromatic nitrogens is 2. The molecule has 0 saturated carbocycles. The van der Waals surface area contributed by atoms with Gasteiger partial charge in [0.15, 0.2) is 6.61 Å². The van der Waals surface area contributed by atoms with E-state index < -0.39 is 5.97 Å². The number of hydrogen-bond acceptors (Lipinski definition) is 8. The van der Waals surface area contributed by atoms with Crippen molar-refractivity contribution in [3.05, 3.63) is 42.2 Å². The molecule has 0 aliphatic carbocycles. The Hall–Kier alpha value is -2.81. The number of hydrogen-bond donors (Lipinski definition) is 0. The van der Waals surface area contributed by atoms with Gasteiger partial charge in [-0.25, -0.2) is 14.8 Å². The maximum absolute atomic E-state index is 12.4. The molecule has 28 heavy (non-hydrogen) atoms. The number of piperazine rings is 1. The second-order valence-corrected chi connectivity index (χ2v) is 6.94. The van der Waals surface area contributed by atoms with Crippen LogP contribution in [0.4, 0.5) is 5.95 Å². The van der Waals surface area contributed by atoms with Gasteiger partial charge in [0, 0.05) is 43.5 Å². The lowest BCUT2D eigenvalue weighted by molar-refractivity contribution is -0.134. The normalized spacial score (nSPS) is 13.9. The number of esters is 1. The van der Waals surface area contributed by atoms with Crippen LogP contribution in [0.15, 0.2) is 41.6 Å². The highest BCUT2D eigenvalue weighted by molar-refractivity contribution is 7.98. The van der Waals surface area contributed by atoms with Crippen LogP contribution in [-0.4, -0.2) is 72.9 Å². The predicted molar refractivity (Wildman–Crippen MR) is 106 cm³/mol. The summed E-state index contributed by atoms with van der Waals surface area (Å²) in [5, 5.41) is 0. The van der Waals surface area contributed by atoms with Crippen molar-refractivity contribution in [3.63, 3.8) is 0 Å². The van der Waals surface area contributed by atoms with Crippen LogP contribution in [0, 0.1) is 0 Å². The third kappa shape index (κ3) is 4.72. The molecule has 0 unspecified atom stereocenters. The van der Waals surface area contributed by atoms with Gasteiger partial charge in [0.05, 0.1) is 7.11 Å². The van der Waals surface area contributed by atoms with Crippen LogP contribution in [0.3, 0.4) is 0 Å². The van der Waals surface area contributed by atoms with Crippen molar-refractivity contribution < 1.29 is 19.1 Å². The van der Waals surface area contributed by atoms with E-state index in [1.165, 1.54) is 7.11 Å². The van der Waals surface area contributed by atoms with Gasteiger partial charge in [-0.1, -0.05) is 0 Å². The van der Waals surface area contributed by atoms with E-state index in [1.807, 2.05) is 17.2 Å². The third-order valence-electron chi connectivity index (χ3n) is 4.42. The Kier molecular flexibility index (Phi) is 6.70. The summed E-state index contributed by atoms with van der Waals surface area (Å²) in [6.45, 7) is 2.02. The van der Waals surface area contributed by atoms with Crippen molar-refractivity contribution in [1.29, 1.82) is 0 Å². The molecule has 8 nitrogen and oxygen atoms in total. The molecule has 1 aromatic heterocycles. The fraction of sp³-hybridized carbons (Fsp3) is 0.368. The molecule has 3 rings (SSSR count). The minimum absolute atomic E-state index is 0.221. The van der Waals surface area contributed by atoms with Crippen LogP contribution in [0.5, 0.6) is 5.75 Å². The van der Waals surface area contributed by atoms with Gasteiger partial charge >= 0.3 is 5.97 Å².